The van der Waals surface area contributed by atoms with Crippen LogP contribution in [0.2, 0.25) is 0 Å². The molecule has 1 aromatic heterocycles. The molecule has 0 radical (unpaired) electrons. The van der Waals surface area contributed by atoms with E-state index in [1.54, 1.807) is 6.92 Å². The van der Waals surface area contributed by atoms with E-state index in [0.717, 1.165) is 25.5 Å². The number of likely N-dealkylation sites (N-methyl/N-ethyl adjacent to an activating group) is 1. The van der Waals surface area contributed by atoms with Crippen molar-refractivity contribution in [3.63, 3.8) is 0 Å². The molecule has 0 amide bonds. The van der Waals surface area contributed by atoms with E-state index in [0.29, 0.717) is 22.8 Å². The molecule has 0 spiro atoms. The highest BCUT2D eigenvalue weighted by molar-refractivity contribution is 5.90. The van der Waals surface area contributed by atoms with Gasteiger partial charge in [0.15, 0.2) is 11.6 Å². The van der Waals surface area contributed by atoms with E-state index in [-0.39, 0.29) is 29.3 Å². The van der Waals surface area contributed by atoms with Crippen molar-refractivity contribution in [3.05, 3.63) is 58.9 Å². The molecule has 1 aliphatic rings. The number of nitrogens with zero attached hydrogens (tertiary/aromatic N) is 3. The third-order valence-corrected chi connectivity index (χ3v) is 6.45. The number of rotatable bonds is 6. The van der Waals surface area contributed by atoms with Crippen LogP contribution in [0.1, 0.15) is 49.7 Å². The highest BCUT2D eigenvalue weighted by Gasteiger charge is 2.35. The van der Waals surface area contributed by atoms with Gasteiger partial charge in [0, 0.05) is 23.1 Å². The van der Waals surface area contributed by atoms with Gasteiger partial charge in [-0.3, -0.25) is 4.90 Å². The van der Waals surface area contributed by atoms with Crippen LogP contribution < -0.4 is 10.1 Å². The molecule has 2 heterocycles. The zero-order chi connectivity index (χ0) is 25.5. The molecule has 0 saturated carbocycles. The Morgan fingerprint density at radius 1 is 1.14 bits per heavy atom. The predicted octanol–water partition coefficient (Wildman–Crippen LogP) is 6.27. The van der Waals surface area contributed by atoms with Crippen LogP contribution in [-0.4, -0.2) is 40.6 Å². The first-order valence-corrected chi connectivity index (χ1v) is 11.4. The SMILES string of the molecule is Cc1nc(N[C@H](C)c2cccc(C(F)(F)F)c2F)c2cc(O[C@H](C)[C@@H]3CCCN3C)c(F)cc2n1. The van der Waals surface area contributed by atoms with Crippen molar-refractivity contribution < 1.29 is 26.7 Å². The van der Waals surface area contributed by atoms with Gasteiger partial charge in [-0.2, -0.15) is 13.2 Å². The molecule has 3 aromatic rings. The average molecular weight is 495 g/mol. The lowest BCUT2D eigenvalue weighted by Gasteiger charge is -2.27. The number of hydrogen-bond acceptors (Lipinski definition) is 5. The summed E-state index contributed by atoms with van der Waals surface area (Å²) in [5, 5.41) is 3.39. The molecular formula is C25H27F5N4O. The first-order chi connectivity index (χ1) is 16.5. The minimum absolute atomic E-state index is 0.0266. The Morgan fingerprint density at radius 2 is 1.89 bits per heavy atom. The third kappa shape index (κ3) is 5.17. The predicted molar refractivity (Wildman–Crippen MR) is 123 cm³/mol. The van der Waals surface area contributed by atoms with E-state index in [1.165, 1.54) is 25.1 Å². The summed E-state index contributed by atoms with van der Waals surface area (Å²) < 4.78 is 75.1. The lowest BCUT2D eigenvalue weighted by Crippen LogP contribution is -2.38. The van der Waals surface area contributed by atoms with Gasteiger partial charge in [0.2, 0.25) is 0 Å². The van der Waals surface area contributed by atoms with Crippen molar-refractivity contribution in [2.24, 2.45) is 0 Å². The lowest BCUT2D eigenvalue weighted by molar-refractivity contribution is -0.140. The number of nitrogens with one attached hydrogen (secondary N) is 1. The molecule has 0 bridgehead atoms. The van der Waals surface area contributed by atoms with E-state index >= 15 is 0 Å². The maximum absolute atomic E-state index is 14.9. The topological polar surface area (TPSA) is 50.3 Å². The normalized spacial score (nSPS) is 18.6. The Balaban J connectivity index is 1.68. The van der Waals surface area contributed by atoms with Gasteiger partial charge in [0.05, 0.1) is 17.1 Å². The summed E-state index contributed by atoms with van der Waals surface area (Å²) in [6.45, 7) is 5.98. The van der Waals surface area contributed by atoms with Crippen LogP contribution in [-0.2, 0) is 6.18 Å². The number of aromatic nitrogens is 2. The fourth-order valence-electron chi connectivity index (χ4n) is 4.64. The largest absolute Gasteiger partial charge is 0.486 e. The number of likely N-dealkylation sites (tertiary alicyclic amines) is 1. The minimum atomic E-state index is -4.81. The van der Waals surface area contributed by atoms with Gasteiger partial charge in [-0.1, -0.05) is 12.1 Å². The molecule has 1 aliphatic heterocycles. The van der Waals surface area contributed by atoms with Crippen molar-refractivity contribution >= 4 is 16.7 Å². The second-order valence-electron chi connectivity index (χ2n) is 9.00. The molecular weight excluding hydrogens is 467 g/mol. The van der Waals surface area contributed by atoms with Crippen molar-refractivity contribution in [1.29, 1.82) is 0 Å². The molecule has 2 aromatic carbocycles. The van der Waals surface area contributed by atoms with E-state index in [4.69, 9.17) is 4.74 Å². The zero-order valence-electron chi connectivity index (χ0n) is 19.9. The summed E-state index contributed by atoms with van der Waals surface area (Å²) in [6.07, 6.45) is -3.09. The zero-order valence-corrected chi connectivity index (χ0v) is 19.9. The molecule has 0 unspecified atom stereocenters. The van der Waals surface area contributed by atoms with Crippen molar-refractivity contribution in [3.8, 4) is 5.75 Å². The van der Waals surface area contributed by atoms with Crippen molar-refractivity contribution in [1.82, 2.24) is 14.9 Å². The average Bonchev–Trinajstić information content (AvgIpc) is 3.19. The van der Waals surface area contributed by atoms with Crippen LogP contribution in [0.25, 0.3) is 10.9 Å². The fourth-order valence-corrected chi connectivity index (χ4v) is 4.64. The monoisotopic (exact) mass is 494 g/mol. The standard InChI is InChI=1S/C25H27F5N4O/c1-13(16-7-5-8-18(23(16)27)25(28,29)30)31-24-17-11-22(19(26)12-20(17)32-15(3)33-24)35-14(2)21-9-6-10-34(21)4/h5,7-8,11-14,21H,6,9-10H2,1-4H3,(H,31,32,33)/t13-,14-,21+/m1/s1. The number of anilines is 1. The summed E-state index contributed by atoms with van der Waals surface area (Å²) in [4.78, 5) is 10.8. The number of hydrogen-bond donors (Lipinski definition) is 1. The lowest BCUT2D eigenvalue weighted by atomic mass is 10.0. The minimum Gasteiger partial charge on any atom is -0.486 e. The molecule has 1 saturated heterocycles. The highest BCUT2D eigenvalue weighted by atomic mass is 19.4. The molecule has 188 valence electrons. The Bertz CT molecular complexity index is 1230. The second-order valence-corrected chi connectivity index (χ2v) is 9.00. The van der Waals surface area contributed by atoms with E-state index in [2.05, 4.69) is 20.2 Å². The van der Waals surface area contributed by atoms with Crippen LogP contribution in [0.4, 0.5) is 27.8 Å². The Hall–Kier alpha value is -3.01. The van der Waals surface area contributed by atoms with Crippen molar-refractivity contribution in [2.45, 2.75) is 58.0 Å². The number of ether oxygens (including phenoxy) is 1. The number of halogens is 5. The summed E-state index contributed by atoms with van der Waals surface area (Å²) in [5.74, 6) is -1.33. The summed E-state index contributed by atoms with van der Waals surface area (Å²) in [5.41, 5.74) is -1.20. The molecule has 4 rings (SSSR count). The first-order valence-electron chi connectivity index (χ1n) is 11.4. The number of alkyl halides is 3. The van der Waals surface area contributed by atoms with E-state index in [9.17, 15) is 22.0 Å². The molecule has 1 N–H and O–H groups in total. The molecule has 5 nitrogen and oxygen atoms in total. The molecule has 0 aliphatic carbocycles. The Kier molecular flexibility index (Phi) is 6.86. The Morgan fingerprint density at radius 3 is 2.54 bits per heavy atom. The van der Waals surface area contributed by atoms with E-state index < -0.39 is 29.4 Å². The van der Waals surface area contributed by atoms with Crippen LogP contribution in [0, 0.1) is 18.6 Å². The third-order valence-electron chi connectivity index (χ3n) is 6.45. The fraction of sp³-hybridized carbons (Fsp3) is 0.440. The van der Waals surface area contributed by atoms with Crippen LogP contribution in [0.3, 0.4) is 0 Å². The van der Waals surface area contributed by atoms with Gasteiger partial charge in [0.1, 0.15) is 23.6 Å². The van der Waals surface area contributed by atoms with E-state index in [1.807, 2.05) is 14.0 Å². The van der Waals surface area contributed by atoms with Gasteiger partial charge in [0.25, 0.3) is 0 Å². The Labute approximate surface area is 200 Å². The summed E-state index contributed by atoms with van der Waals surface area (Å²) in [7, 11) is 2.00. The van der Waals surface area contributed by atoms with Crippen LogP contribution in [0.15, 0.2) is 30.3 Å². The van der Waals surface area contributed by atoms with Gasteiger partial charge in [-0.05, 0) is 59.3 Å². The molecule has 35 heavy (non-hydrogen) atoms. The first kappa shape index (κ1) is 25.1. The molecule has 3 atom stereocenters. The van der Waals surface area contributed by atoms with Gasteiger partial charge < -0.3 is 10.1 Å². The van der Waals surface area contributed by atoms with Gasteiger partial charge >= 0.3 is 6.18 Å². The van der Waals surface area contributed by atoms with Gasteiger partial charge in [-0.15, -0.1) is 0 Å². The number of benzene rings is 2. The molecule has 1 fully saturated rings. The maximum atomic E-state index is 14.9. The maximum Gasteiger partial charge on any atom is 0.419 e. The van der Waals surface area contributed by atoms with Crippen LogP contribution >= 0.6 is 0 Å². The molecule has 10 heteroatoms. The quantitative estimate of drug-likeness (QED) is 0.410. The highest BCUT2D eigenvalue weighted by Crippen LogP contribution is 2.36. The summed E-state index contributed by atoms with van der Waals surface area (Å²) in [6, 6.07) is 5.15. The van der Waals surface area contributed by atoms with Gasteiger partial charge in [-0.25, -0.2) is 18.7 Å². The van der Waals surface area contributed by atoms with Crippen LogP contribution in [0.5, 0.6) is 5.75 Å². The number of fused-ring (bicyclic) bond motifs is 1. The second kappa shape index (κ2) is 9.56. The number of aryl methyl sites for hydroxylation is 1. The van der Waals surface area contributed by atoms with Crippen molar-refractivity contribution in [2.75, 3.05) is 18.9 Å². The smallest absolute Gasteiger partial charge is 0.419 e. The summed E-state index contributed by atoms with van der Waals surface area (Å²) >= 11 is 0.